The minimum absolute atomic E-state index is 0.0505. The van der Waals surface area contributed by atoms with Crippen LogP contribution in [-0.2, 0) is 21.8 Å². The van der Waals surface area contributed by atoms with Crippen LogP contribution in [0.3, 0.4) is 0 Å². The topological polar surface area (TPSA) is 49.4 Å². The van der Waals surface area contributed by atoms with Crippen LogP contribution in [0.1, 0.15) is 19.1 Å². The molecule has 1 aliphatic rings. The molecule has 0 saturated carbocycles. The maximum absolute atomic E-state index is 6.26. The summed E-state index contributed by atoms with van der Waals surface area (Å²) in [5, 5.41) is 1.84. The molecular weight excluding hydrogens is 351 g/mol. The lowest BCUT2D eigenvalue weighted by molar-refractivity contribution is -0.313. The lowest BCUT2D eigenvalue weighted by Crippen LogP contribution is -2.44. The number of hydrogen-bond donors (Lipinski definition) is 0. The van der Waals surface area contributed by atoms with E-state index in [-0.39, 0.29) is 6.10 Å². The van der Waals surface area contributed by atoms with E-state index in [9.17, 15) is 0 Å². The normalized spacial score (nSPS) is 24.5. The Kier molecular flexibility index (Phi) is 4.04. The summed E-state index contributed by atoms with van der Waals surface area (Å²) >= 11 is 12.3. The zero-order valence-corrected chi connectivity index (χ0v) is 14.5. The molecule has 1 aliphatic heterocycles. The summed E-state index contributed by atoms with van der Waals surface area (Å²) in [5.74, 6) is -0.449. The number of imidazole rings is 1. The number of ether oxygens (including phenoxy) is 2. The van der Waals surface area contributed by atoms with E-state index in [1.165, 1.54) is 0 Å². The Morgan fingerprint density at radius 2 is 2.21 bits per heavy atom. The Hall–Kier alpha value is -1.53. The first-order chi connectivity index (χ1) is 11.6. The van der Waals surface area contributed by atoms with E-state index in [0.29, 0.717) is 34.5 Å². The number of aromatic nitrogens is 2. The van der Waals surface area contributed by atoms with Crippen LogP contribution in [0, 0.1) is 0 Å². The predicted molar refractivity (Wildman–Crippen MR) is 91.3 cm³/mol. The molecule has 0 radical (unpaired) electrons. The smallest absolute Gasteiger partial charge is 0.247 e. The van der Waals surface area contributed by atoms with Crippen LogP contribution in [0.15, 0.2) is 41.3 Å². The van der Waals surface area contributed by atoms with E-state index in [1.807, 2.05) is 29.8 Å². The maximum atomic E-state index is 6.26. The summed E-state index contributed by atoms with van der Waals surface area (Å²) in [4.78, 5) is 4.08. The zero-order chi connectivity index (χ0) is 16.7. The standard InChI is InChI=1S/C17H16Cl2N2O3/c1-11-2-5-22-17(24-11,9-21-4-3-20-10-21)15-7-12-6-13(18)8-14(19)16(12)23-15/h3-4,6-8,10-11H,2,5,9H2,1H3. The van der Waals surface area contributed by atoms with Crippen LogP contribution >= 0.6 is 23.2 Å². The van der Waals surface area contributed by atoms with Gasteiger partial charge in [-0.3, -0.25) is 0 Å². The summed E-state index contributed by atoms with van der Waals surface area (Å²) in [6, 6.07) is 5.35. The average Bonchev–Trinajstić information content (AvgIpc) is 3.16. The Balaban J connectivity index is 1.82. The highest BCUT2D eigenvalue weighted by atomic mass is 35.5. The summed E-state index contributed by atoms with van der Waals surface area (Å²) in [6.07, 6.45) is 6.18. The molecule has 1 aromatic carbocycles. The van der Waals surface area contributed by atoms with E-state index in [2.05, 4.69) is 4.98 Å². The van der Waals surface area contributed by atoms with Gasteiger partial charge in [-0.15, -0.1) is 0 Å². The van der Waals surface area contributed by atoms with Gasteiger partial charge in [0.1, 0.15) is 0 Å². The molecule has 7 heteroatoms. The molecule has 2 atom stereocenters. The van der Waals surface area contributed by atoms with Crippen molar-refractivity contribution >= 4 is 34.2 Å². The number of hydrogen-bond acceptors (Lipinski definition) is 4. The second kappa shape index (κ2) is 6.08. The van der Waals surface area contributed by atoms with Gasteiger partial charge in [-0.05, 0) is 31.5 Å². The summed E-state index contributed by atoms with van der Waals surface area (Å²) in [7, 11) is 0. The Bertz CT molecular complexity index is 862. The molecule has 0 spiro atoms. The Labute approximate surface area is 149 Å². The molecule has 0 aliphatic carbocycles. The van der Waals surface area contributed by atoms with Crippen LogP contribution in [0.25, 0.3) is 11.0 Å². The van der Waals surface area contributed by atoms with Crippen LogP contribution in [0.2, 0.25) is 10.0 Å². The molecule has 0 amide bonds. The van der Waals surface area contributed by atoms with Gasteiger partial charge in [0.15, 0.2) is 11.3 Å². The van der Waals surface area contributed by atoms with Crippen molar-refractivity contribution in [3.8, 4) is 0 Å². The summed E-state index contributed by atoms with van der Waals surface area (Å²) < 4.78 is 20.2. The zero-order valence-electron chi connectivity index (χ0n) is 13.0. The van der Waals surface area contributed by atoms with Crippen molar-refractivity contribution in [1.29, 1.82) is 0 Å². The lowest BCUT2D eigenvalue weighted by Gasteiger charge is -2.38. The quantitative estimate of drug-likeness (QED) is 0.678. The van der Waals surface area contributed by atoms with Gasteiger partial charge >= 0.3 is 0 Å². The monoisotopic (exact) mass is 366 g/mol. The van der Waals surface area contributed by atoms with Crippen molar-refractivity contribution in [2.45, 2.75) is 31.8 Å². The molecule has 3 aromatic rings. The number of benzene rings is 1. The minimum atomic E-state index is -1.02. The van der Waals surface area contributed by atoms with Gasteiger partial charge in [0.25, 0.3) is 0 Å². The van der Waals surface area contributed by atoms with Gasteiger partial charge in [0.05, 0.1) is 30.6 Å². The number of rotatable bonds is 3. The van der Waals surface area contributed by atoms with Gasteiger partial charge < -0.3 is 18.5 Å². The van der Waals surface area contributed by atoms with Crippen molar-refractivity contribution in [3.05, 3.63) is 52.7 Å². The molecule has 24 heavy (non-hydrogen) atoms. The lowest BCUT2D eigenvalue weighted by atomic mass is 10.1. The Morgan fingerprint density at radius 1 is 1.33 bits per heavy atom. The highest BCUT2D eigenvalue weighted by Crippen LogP contribution is 2.40. The molecule has 1 saturated heterocycles. The molecule has 1 fully saturated rings. The third-order valence-electron chi connectivity index (χ3n) is 4.11. The molecule has 3 heterocycles. The molecule has 2 unspecified atom stereocenters. The molecule has 5 nitrogen and oxygen atoms in total. The van der Waals surface area contributed by atoms with Gasteiger partial charge in [-0.25, -0.2) is 4.98 Å². The SMILES string of the molecule is CC1CCOC(Cn2ccnc2)(c2cc3cc(Cl)cc(Cl)c3o2)O1. The number of halogens is 2. The second-order valence-corrected chi connectivity index (χ2v) is 6.81. The fourth-order valence-electron chi connectivity index (χ4n) is 2.98. The van der Waals surface area contributed by atoms with E-state index in [4.69, 9.17) is 37.1 Å². The molecule has 0 N–H and O–H groups in total. The van der Waals surface area contributed by atoms with Gasteiger partial charge in [-0.2, -0.15) is 0 Å². The molecule has 0 bridgehead atoms. The van der Waals surface area contributed by atoms with Crippen molar-refractivity contribution < 1.29 is 13.9 Å². The van der Waals surface area contributed by atoms with E-state index < -0.39 is 5.79 Å². The largest absolute Gasteiger partial charge is 0.454 e. The first-order valence-corrected chi connectivity index (χ1v) is 8.48. The molecular formula is C17H16Cl2N2O3. The second-order valence-electron chi connectivity index (χ2n) is 5.97. The van der Waals surface area contributed by atoms with Crippen LogP contribution in [-0.4, -0.2) is 22.3 Å². The minimum Gasteiger partial charge on any atom is -0.454 e. The van der Waals surface area contributed by atoms with Crippen molar-refractivity contribution in [2.24, 2.45) is 0 Å². The first-order valence-electron chi connectivity index (χ1n) is 7.72. The maximum Gasteiger partial charge on any atom is 0.247 e. The Morgan fingerprint density at radius 3 is 2.96 bits per heavy atom. The van der Waals surface area contributed by atoms with Gasteiger partial charge in [-0.1, -0.05) is 23.2 Å². The third-order valence-corrected chi connectivity index (χ3v) is 4.61. The van der Waals surface area contributed by atoms with Gasteiger partial charge in [0.2, 0.25) is 5.79 Å². The van der Waals surface area contributed by atoms with Crippen molar-refractivity contribution in [1.82, 2.24) is 9.55 Å². The summed E-state index contributed by atoms with van der Waals surface area (Å²) in [6.45, 7) is 3.04. The fraction of sp³-hybridized carbons (Fsp3) is 0.353. The first kappa shape index (κ1) is 16.0. The molecule has 4 rings (SSSR count). The third kappa shape index (κ3) is 2.82. The van der Waals surface area contributed by atoms with Crippen LogP contribution in [0.5, 0.6) is 0 Å². The summed E-state index contributed by atoms with van der Waals surface area (Å²) in [5.41, 5.74) is 0.575. The average molecular weight is 367 g/mol. The van der Waals surface area contributed by atoms with Crippen LogP contribution < -0.4 is 0 Å². The number of furan rings is 1. The van der Waals surface area contributed by atoms with E-state index in [1.54, 1.807) is 18.6 Å². The highest BCUT2D eigenvalue weighted by molar-refractivity contribution is 6.38. The van der Waals surface area contributed by atoms with Crippen LogP contribution in [0.4, 0.5) is 0 Å². The number of fused-ring (bicyclic) bond motifs is 1. The fourth-order valence-corrected chi connectivity index (χ4v) is 3.53. The highest BCUT2D eigenvalue weighted by Gasteiger charge is 2.43. The van der Waals surface area contributed by atoms with E-state index in [0.717, 1.165) is 11.8 Å². The van der Waals surface area contributed by atoms with Crippen molar-refractivity contribution in [3.63, 3.8) is 0 Å². The van der Waals surface area contributed by atoms with Gasteiger partial charge in [0, 0.05) is 22.8 Å². The molecule has 2 aromatic heterocycles. The van der Waals surface area contributed by atoms with Crippen molar-refractivity contribution in [2.75, 3.05) is 6.61 Å². The predicted octanol–water partition coefficient (Wildman–Crippen LogP) is 4.61. The van der Waals surface area contributed by atoms with E-state index >= 15 is 0 Å². The molecule has 126 valence electrons. The number of nitrogens with zero attached hydrogens (tertiary/aromatic N) is 2.